The number of carboxylic acids is 3. The van der Waals surface area contributed by atoms with Gasteiger partial charge < -0.3 is 20.2 Å². The van der Waals surface area contributed by atoms with Crippen molar-refractivity contribution in [1.82, 2.24) is 0 Å². The summed E-state index contributed by atoms with van der Waals surface area (Å²) in [4.78, 5) is 36.6. The normalized spacial score (nSPS) is 10.3. The van der Waals surface area contributed by atoms with Crippen LogP contribution in [0.2, 0.25) is 0 Å². The highest BCUT2D eigenvalue weighted by Crippen LogP contribution is 2.40. The fourth-order valence-corrected chi connectivity index (χ4v) is 2.94. The molecule has 0 fully saturated rings. The number of carboxylic acid groups (broad SMARTS) is 3. The summed E-state index contributed by atoms with van der Waals surface area (Å²) in [6.45, 7) is 0. The maximum atomic E-state index is 11.8. The third-order valence-corrected chi connectivity index (χ3v) is 4.13. The summed E-state index contributed by atoms with van der Waals surface area (Å²) in [6, 6.07) is 18.0. The van der Waals surface area contributed by atoms with E-state index in [4.69, 9.17) is 0 Å². The Labute approximate surface area is 159 Å². The molecule has 0 saturated heterocycles. The van der Waals surface area contributed by atoms with Crippen LogP contribution in [0.15, 0.2) is 72.8 Å². The fourth-order valence-electron chi connectivity index (χ4n) is 2.94. The van der Waals surface area contributed by atoms with Gasteiger partial charge in [-0.3, -0.25) is 0 Å². The summed E-state index contributed by atoms with van der Waals surface area (Å²) < 4.78 is 0. The maximum absolute atomic E-state index is 11.8. The van der Waals surface area contributed by atoms with Gasteiger partial charge in [0.1, 0.15) is 0 Å². The average Bonchev–Trinajstić information content (AvgIpc) is 2.69. The Kier molecular flexibility index (Phi) is 5.08. The molecule has 0 heterocycles. The van der Waals surface area contributed by atoms with Crippen molar-refractivity contribution in [2.75, 3.05) is 4.90 Å². The van der Waals surface area contributed by atoms with Crippen LogP contribution in [0, 0.1) is 0 Å². The largest absolute Gasteiger partial charge is 0.478 e. The third kappa shape index (κ3) is 3.41. The highest BCUT2D eigenvalue weighted by atomic mass is 16.4. The van der Waals surface area contributed by atoms with Crippen LogP contribution in [-0.4, -0.2) is 33.2 Å². The van der Waals surface area contributed by atoms with Crippen LogP contribution >= 0.6 is 0 Å². The van der Waals surface area contributed by atoms with Gasteiger partial charge in [-0.2, -0.15) is 0 Å². The van der Waals surface area contributed by atoms with E-state index in [9.17, 15) is 29.7 Å². The van der Waals surface area contributed by atoms with Crippen molar-refractivity contribution in [3.05, 3.63) is 89.5 Å². The Morgan fingerprint density at radius 2 is 0.750 bits per heavy atom. The highest BCUT2D eigenvalue weighted by molar-refractivity contribution is 6.05. The van der Waals surface area contributed by atoms with Crippen molar-refractivity contribution in [3.8, 4) is 0 Å². The van der Waals surface area contributed by atoms with E-state index in [2.05, 4.69) is 0 Å². The molecule has 3 N–H and O–H groups in total. The molecule has 0 amide bonds. The molecule has 28 heavy (non-hydrogen) atoms. The second-order valence-electron chi connectivity index (χ2n) is 5.80. The van der Waals surface area contributed by atoms with E-state index in [1.54, 1.807) is 18.2 Å². The average molecular weight is 377 g/mol. The molecule has 7 nitrogen and oxygen atoms in total. The first-order valence-corrected chi connectivity index (χ1v) is 8.19. The smallest absolute Gasteiger partial charge is 0.337 e. The first kappa shape index (κ1) is 18.7. The van der Waals surface area contributed by atoms with Gasteiger partial charge in [-0.1, -0.05) is 36.4 Å². The van der Waals surface area contributed by atoms with Crippen LogP contribution in [0.1, 0.15) is 31.1 Å². The molecular formula is C21H15NO6. The van der Waals surface area contributed by atoms with E-state index in [1.807, 2.05) is 0 Å². The van der Waals surface area contributed by atoms with Gasteiger partial charge >= 0.3 is 17.9 Å². The van der Waals surface area contributed by atoms with Gasteiger partial charge in [0.25, 0.3) is 0 Å². The SMILES string of the molecule is O=C(O)c1ccccc1N(c1ccccc1C(=O)O)c1ccccc1C(=O)O. The summed E-state index contributed by atoms with van der Waals surface area (Å²) in [5.41, 5.74) is 0.167. The minimum Gasteiger partial charge on any atom is -0.478 e. The van der Waals surface area contributed by atoms with Crippen molar-refractivity contribution in [1.29, 1.82) is 0 Å². The molecule has 0 saturated carbocycles. The second kappa shape index (κ2) is 7.63. The molecule has 140 valence electrons. The van der Waals surface area contributed by atoms with Crippen molar-refractivity contribution >= 4 is 35.0 Å². The van der Waals surface area contributed by atoms with Crippen LogP contribution in [0.25, 0.3) is 0 Å². The lowest BCUT2D eigenvalue weighted by atomic mass is 10.0. The molecule has 0 bridgehead atoms. The topological polar surface area (TPSA) is 115 Å². The summed E-state index contributed by atoms with van der Waals surface area (Å²) in [5.74, 6) is -3.66. The Balaban J connectivity index is 2.40. The quantitative estimate of drug-likeness (QED) is 0.588. The van der Waals surface area contributed by atoms with E-state index in [1.165, 1.54) is 59.5 Å². The number of hydrogen-bond acceptors (Lipinski definition) is 4. The molecule has 7 heteroatoms. The minimum atomic E-state index is -1.22. The van der Waals surface area contributed by atoms with Gasteiger partial charge in [-0.15, -0.1) is 0 Å². The molecule has 0 aliphatic carbocycles. The second-order valence-corrected chi connectivity index (χ2v) is 5.80. The molecule has 0 radical (unpaired) electrons. The fraction of sp³-hybridized carbons (Fsp3) is 0. The third-order valence-electron chi connectivity index (χ3n) is 4.13. The molecule has 3 aromatic rings. The van der Waals surface area contributed by atoms with E-state index in [0.29, 0.717) is 0 Å². The molecule has 3 rings (SSSR count). The van der Waals surface area contributed by atoms with Gasteiger partial charge in [-0.25, -0.2) is 14.4 Å². The number of aromatic carboxylic acids is 3. The Morgan fingerprint density at radius 3 is 1.00 bits per heavy atom. The maximum Gasteiger partial charge on any atom is 0.337 e. The Bertz CT molecular complexity index is 939. The van der Waals surface area contributed by atoms with Crippen molar-refractivity contribution in [2.45, 2.75) is 0 Å². The predicted molar refractivity (Wildman–Crippen MR) is 102 cm³/mol. The number of rotatable bonds is 6. The van der Waals surface area contributed by atoms with Crippen molar-refractivity contribution in [3.63, 3.8) is 0 Å². The Hall–Kier alpha value is -4.13. The summed E-state index contributed by atoms with van der Waals surface area (Å²) in [5, 5.41) is 28.8. The number of nitrogens with zero attached hydrogens (tertiary/aromatic N) is 1. The van der Waals surface area contributed by atoms with Crippen molar-refractivity contribution in [2.24, 2.45) is 0 Å². The molecule has 0 spiro atoms. The molecule has 3 aromatic carbocycles. The lowest BCUT2D eigenvalue weighted by Crippen LogP contribution is -2.19. The lowest BCUT2D eigenvalue weighted by Gasteiger charge is -2.29. The number of anilines is 3. The summed E-state index contributed by atoms with van der Waals surface area (Å²) in [6.07, 6.45) is 0. The van der Waals surface area contributed by atoms with Crippen LogP contribution in [0.3, 0.4) is 0 Å². The van der Waals surface area contributed by atoms with E-state index < -0.39 is 17.9 Å². The zero-order valence-corrected chi connectivity index (χ0v) is 14.4. The van der Waals surface area contributed by atoms with Gasteiger partial charge in [0.05, 0.1) is 33.8 Å². The zero-order chi connectivity index (χ0) is 20.3. The number of hydrogen-bond donors (Lipinski definition) is 3. The standard InChI is InChI=1S/C21H15NO6/c23-19(24)13-7-1-4-10-16(13)22(17-11-5-2-8-14(17)20(25)26)18-12-6-3-9-15(18)21(27)28/h1-12H,(H,23,24)(H,25,26)(H,27,28). The van der Waals surface area contributed by atoms with Gasteiger partial charge in [0.2, 0.25) is 0 Å². The highest BCUT2D eigenvalue weighted by Gasteiger charge is 2.26. The first-order chi connectivity index (χ1) is 13.4. The summed E-state index contributed by atoms with van der Waals surface area (Å²) in [7, 11) is 0. The van der Waals surface area contributed by atoms with E-state index in [-0.39, 0.29) is 33.8 Å². The number of benzene rings is 3. The summed E-state index contributed by atoms with van der Waals surface area (Å²) >= 11 is 0. The van der Waals surface area contributed by atoms with E-state index in [0.717, 1.165) is 0 Å². The van der Waals surface area contributed by atoms with Gasteiger partial charge in [-0.05, 0) is 36.4 Å². The van der Waals surface area contributed by atoms with Gasteiger partial charge in [0, 0.05) is 0 Å². The Morgan fingerprint density at radius 1 is 0.500 bits per heavy atom. The molecule has 0 atom stereocenters. The molecule has 0 aromatic heterocycles. The molecule has 0 unspecified atom stereocenters. The van der Waals surface area contributed by atoms with Crippen LogP contribution < -0.4 is 4.90 Å². The predicted octanol–water partition coefficient (Wildman–Crippen LogP) is 4.25. The van der Waals surface area contributed by atoms with Gasteiger partial charge in [0.15, 0.2) is 0 Å². The lowest BCUT2D eigenvalue weighted by molar-refractivity contribution is 0.0688. The van der Waals surface area contributed by atoms with Crippen LogP contribution in [0.5, 0.6) is 0 Å². The minimum absolute atomic E-state index is 0.0946. The molecular weight excluding hydrogens is 362 g/mol. The number of para-hydroxylation sites is 3. The molecule has 0 aliphatic heterocycles. The van der Waals surface area contributed by atoms with Crippen molar-refractivity contribution < 1.29 is 29.7 Å². The van der Waals surface area contributed by atoms with E-state index >= 15 is 0 Å². The number of carbonyl (C=O) groups is 3. The van der Waals surface area contributed by atoms with Crippen LogP contribution in [-0.2, 0) is 0 Å². The molecule has 0 aliphatic rings. The van der Waals surface area contributed by atoms with Crippen LogP contribution in [0.4, 0.5) is 17.1 Å². The first-order valence-electron chi connectivity index (χ1n) is 8.19. The monoisotopic (exact) mass is 377 g/mol. The zero-order valence-electron chi connectivity index (χ0n) is 14.4.